The van der Waals surface area contributed by atoms with Crippen LogP contribution in [-0.2, 0) is 0 Å². The van der Waals surface area contributed by atoms with Crippen molar-refractivity contribution >= 4 is 11.3 Å². The van der Waals surface area contributed by atoms with Gasteiger partial charge in [-0.1, -0.05) is 0 Å². The molecule has 1 atom stereocenters. The number of Topliss-reactive ketones (excluding diaryl/α,β-unsaturated/α-hetero) is 1. The number of carbonyl (C=O) groups excluding carboxylic acids is 1. The molecule has 2 aromatic heterocycles. The van der Waals surface area contributed by atoms with Crippen LogP contribution in [0.1, 0.15) is 23.2 Å². The van der Waals surface area contributed by atoms with Crippen LogP contribution in [0.4, 0.5) is 0 Å². The molecule has 2 heterocycles. The van der Waals surface area contributed by atoms with Crippen molar-refractivity contribution in [3.63, 3.8) is 0 Å². The lowest BCUT2D eigenvalue weighted by Gasteiger charge is -2.00. The number of imidazole rings is 1. The van der Waals surface area contributed by atoms with Gasteiger partial charge in [-0.25, -0.2) is 4.98 Å². The summed E-state index contributed by atoms with van der Waals surface area (Å²) in [5, 5.41) is 0. The smallest absolute Gasteiger partial charge is 0.199 e. The maximum Gasteiger partial charge on any atom is 0.199 e. The molecule has 0 bridgehead atoms. The predicted octanol–water partition coefficient (Wildman–Crippen LogP) is 0.568. The summed E-state index contributed by atoms with van der Waals surface area (Å²) in [4.78, 5) is 19.9. The number of rotatable bonds is 2. The maximum atomic E-state index is 11.7. The quantitative estimate of drug-likeness (QED) is 0.726. The van der Waals surface area contributed by atoms with Gasteiger partial charge in [0, 0.05) is 12.4 Å². The molecule has 2 aromatic rings. The van der Waals surface area contributed by atoms with Crippen molar-refractivity contribution in [1.29, 1.82) is 0 Å². The van der Waals surface area contributed by atoms with Gasteiger partial charge in [0.2, 0.25) is 0 Å². The van der Waals surface area contributed by atoms with Crippen LogP contribution in [0, 0.1) is 6.92 Å². The van der Waals surface area contributed by atoms with Gasteiger partial charge in [-0.15, -0.1) is 0 Å². The molecule has 0 aliphatic rings. The van der Waals surface area contributed by atoms with Gasteiger partial charge in [-0.3, -0.25) is 9.78 Å². The summed E-state index contributed by atoms with van der Waals surface area (Å²) in [7, 11) is 0. The van der Waals surface area contributed by atoms with E-state index in [2.05, 4.69) is 9.97 Å². The zero-order chi connectivity index (χ0) is 11.0. The second-order valence-corrected chi connectivity index (χ2v) is 3.49. The summed E-state index contributed by atoms with van der Waals surface area (Å²) in [6.45, 7) is 3.49. The first-order valence-corrected chi connectivity index (χ1v) is 4.69. The summed E-state index contributed by atoms with van der Waals surface area (Å²) < 4.78 is 1.82. The zero-order valence-corrected chi connectivity index (χ0v) is 8.64. The van der Waals surface area contributed by atoms with Crippen LogP contribution in [-0.4, -0.2) is 26.2 Å². The molecule has 2 rings (SSSR count). The first kappa shape index (κ1) is 9.79. The van der Waals surface area contributed by atoms with Gasteiger partial charge in [0.1, 0.15) is 11.5 Å². The van der Waals surface area contributed by atoms with E-state index in [1.54, 1.807) is 25.5 Å². The molecule has 0 amide bonds. The monoisotopic (exact) mass is 204 g/mol. The van der Waals surface area contributed by atoms with Crippen molar-refractivity contribution < 1.29 is 4.79 Å². The van der Waals surface area contributed by atoms with E-state index in [0.717, 1.165) is 5.82 Å². The molecule has 15 heavy (non-hydrogen) atoms. The molecule has 5 heteroatoms. The SMILES string of the molecule is Cc1nc(C(=O)C(C)N)c2cnccn12. The molecule has 0 aliphatic carbocycles. The van der Waals surface area contributed by atoms with Gasteiger partial charge in [0.05, 0.1) is 17.8 Å². The van der Waals surface area contributed by atoms with Crippen molar-refractivity contribution in [2.75, 3.05) is 0 Å². The molecule has 0 saturated heterocycles. The molecule has 0 aliphatic heterocycles. The summed E-state index contributed by atoms with van der Waals surface area (Å²) in [6, 6.07) is -0.539. The number of hydrogen-bond acceptors (Lipinski definition) is 4. The highest BCUT2D eigenvalue weighted by molar-refractivity contribution is 6.03. The van der Waals surface area contributed by atoms with Gasteiger partial charge < -0.3 is 10.1 Å². The molecule has 1 unspecified atom stereocenters. The Morgan fingerprint density at radius 1 is 1.60 bits per heavy atom. The molecule has 5 nitrogen and oxygen atoms in total. The Balaban J connectivity index is 2.67. The third-order valence-corrected chi connectivity index (χ3v) is 2.27. The lowest BCUT2D eigenvalue weighted by molar-refractivity contribution is 0.0965. The summed E-state index contributed by atoms with van der Waals surface area (Å²) in [6.07, 6.45) is 5.05. The second-order valence-electron chi connectivity index (χ2n) is 3.49. The fourth-order valence-corrected chi connectivity index (χ4v) is 1.49. The van der Waals surface area contributed by atoms with E-state index < -0.39 is 6.04 Å². The van der Waals surface area contributed by atoms with Crippen LogP contribution in [0.3, 0.4) is 0 Å². The average molecular weight is 204 g/mol. The first-order valence-electron chi connectivity index (χ1n) is 4.69. The summed E-state index contributed by atoms with van der Waals surface area (Å²) >= 11 is 0. The van der Waals surface area contributed by atoms with Gasteiger partial charge in [0.25, 0.3) is 0 Å². The predicted molar refractivity (Wildman–Crippen MR) is 55.7 cm³/mol. The minimum Gasteiger partial charge on any atom is -0.321 e. The van der Waals surface area contributed by atoms with Gasteiger partial charge in [-0.05, 0) is 13.8 Å². The van der Waals surface area contributed by atoms with Crippen molar-refractivity contribution in [2.24, 2.45) is 5.73 Å². The lowest BCUT2D eigenvalue weighted by Crippen LogP contribution is -2.27. The van der Waals surface area contributed by atoms with E-state index >= 15 is 0 Å². The van der Waals surface area contributed by atoms with E-state index in [-0.39, 0.29) is 5.78 Å². The Morgan fingerprint density at radius 3 is 3.00 bits per heavy atom. The van der Waals surface area contributed by atoms with Crippen molar-refractivity contribution in [3.8, 4) is 0 Å². The number of carbonyl (C=O) groups is 1. The van der Waals surface area contributed by atoms with E-state index in [1.807, 2.05) is 11.3 Å². The fourth-order valence-electron chi connectivity index (χ4n) is 1.49. The molecule has 78 valence electrons. The number of ketones is 1. The fraction of sp³-hybridized carbons (Fsp3) is 0.300. The number of aryl methyl sites for hydroxylation is 1. The molecule has 0 saturated carbocycles. The maximum absolute atomic E-state index is 11.7. The molecular weight excluding hydrogens is 192 g/mol. The Hall–Kier alpha value is -1.75. The Morgan fingerprint density at radius 2 is 2.33 bits per heavy atom. The normalized spacial score (nSPS) is 13.0. The lowest BCUT2D eigenvalue weighted by atomic mass is 10.1. The van der Waals surface area contributed by atoms with E-state index in [9.17, 15) is 4.79 Å². The van der Waals surface area contributed by atoms with Gasteiger partial charge >= 0.3 is 0 Å². The molecule has 0 spiro atoms. The van der Waals surface area contributed by atoms with Crippen LogP contribution in [0.25, 0.3) is 5.52 Å². The molecule has 2 N–H and O–H groups in total. The standard InChI is InChI=1S/C10H12N4O/c1-6(11)10(15)9-8-5-12-3-4-14(8)7(2)13-9/h3-6H,11H2,1-2H3. The van der Waals surface area contributed by atoms with Crippen LogP contribution < -0.4 is 5.73 Å². The second kappa shape index (κ2) is 3.43. The van der Waals surface area contributed by atoms with Crippen LogP contribution in [0.15, 0.2) is 18.6 Å². The van der Waals surface area contributed by atoms with Crippen LogP contribution >= 0.6 is 0 Å². The van der Waals surface area contributed by atoms with E-state index in [0.29, 0.717) is 11.2 Å². The third-order valence-electron chi connectivity index (χ3n) is 2.27. The highest BCUT2D eigenvalue weighted by Crippen LogP contribution is 2.12. The molecule has 0 radical (unpaired) electrons. The minimum atomic E-state index is -0.539. The Labute approximate surface area is 87.0 Å². The number of hydrogen-bond donors (Lipinski definition) is 1. The van der Waals surface area contributed by atoms with Crippen LogP contribution in [0.5, 0.6) is 0 Å². The van der Waals surface area contributed by atoms with Crippen molar-refractivity contribution in [2.45, 2.75) is 19.9 Å². The van der Waals surface area contributed by atoms with Gasteiger partial charge in [0.15, 0.2) is 5.78 Å². The van der Waals surface area contributed by atoms with Gasteiger partial charge in [-0.2, -0.15) is 0 Å². The van der Waals surface area contributed by atoms with E-state index in [4.69, 9.17) is 5.73 Å². The number of fused-ring (bicyclic) bond motifs is 1. The minimum absolute atomic E-state index is 0.159. The number of nitrogens with two attached hydrogens (primary N) is 1. The highest BCUT2D eigenvalue weighted by Gasteiger charge is 2.18. The third kappa shape index (κ3) is 1.50. The highest BCUT2D eigenvalue weighted by atomic mass is 16.1. The van der Waals surface area contributed by atoms with Crippen molar-refractivity contribution in [1.82, 2.24) is 14.4 Å². The van der Waals surface area contributed by atoms with Crippen LogP contribution in [0.2, 0.25) is 0 Å². The number of nitrogens with zero attached hydrogens (tertiary/aromatic N) is 3. The van der Waals surface area contributed by atoms with Crippen molar-refractivity contribution in [3.05, 3.63) is 30.1 Å². The summed E-state index contributed by atoms with van der Waals surface area (Å²) in [5.74, 6) is 0.602. The zero-order valence-electron chi connectivity index (χ0n) is 8.64. The topological polar surface area (TPSA) is 73.3 Å². The molecular formula is C10H12N4O. The first-order chi connectivity index (χ1) is 7.11. The number of aromatic nitrogens is 3. The molecule has 0 aromatic carbocycles. The Bertz CT molecular complexity index is 515. The average Bonchev–Trinajstić information content (AvgIpc) is 2.56. The Kier molecular flexibility index (Phi) is 2.24. The van der Waals surface area contributed by atoms with E-state index in [1.165, 1.54) is 0 Å². The summed E-state index contributed by atoms with van der Waals surface area (Å²) in [5.41, 5.74) is 6.65. The largest absolute Gasteiger partial charge is 0.321 e. The molecule has 0 fully saturated rings.